The second-order valence-electron chi connectivity index (χ2n) is 8.18. The molecule has 3 aromatic rings. The number of rotatable bonds is 5. The van der Waals surface area contributed by atoms with Gasteiger partial charge in [-0.05, 0) is 79.9 Å². The first-order valence-corrected chi connectivity index (χ1v) is 11.1. The summed E-state index contributed by atoms with van der Waals surface area (Å²) in [5, 5.41) is 2.26. The minimum Gasteiger partial charge on any atom is -0.465 e. The molecule has 1 N–H and O–H groups in total. The van der Waals surface area contributed by atoms with Crippen molar-refractivity contribution in [3.05, 3.63) is 88.2 Å². The van der Waals surface area contributed by atoms with Crippen molar-refractivity contribution >= 4 is 35.6 Å². The number of methoxy groups -OCH3 is 1. The summed E-state index contributed by atoms with van der Waals surface area (Å²) in [6.07, 6.45) is 2.32. The summed E-state index contributed by atoms with van der Waals surface area (Å²) in [4.78, 5) is 51.0. The summed E-state index contributed by atoms with van der Waals surface area (Å²) in [6, 6.07) is 15.1. The van der Waals surface area contributed by atoms with E-state index in [0.717, 1.165) is 34.0 Å². The summed E-state index contributed by atoms with van der Waals surface area (Å²) >= 11 is 0. The van der Waals surface area contributed by atoms with Gasteiger partial charge in [0.05, 0.1) is 18.4 Å². The molecule has 0 saturated carbocycles. The molecule has 0 atom stereocenters. The van der Waals surface area contributed by atoms with Gasteiger partial charge >= 0.3 is 12.0 Å². The van der Waals surface area contributed by atoms with Crippen molar-refractivity contribution < 1.29 is 23.9 Å². The van der Waals surface area contributed by atoms with Crippen LogP contribution in [0.5, 0.6) is 0 Å². The highest BCUT2D eigenvalue weighted by molar-refractivity contribution is 6.39. The number of imide groups is 2. The lowest BCUT2D eigenvalue weighted by Crippen LogP contribution is -2.54. The zero-order chi connectivity index (χ0) is 25.3. The highest BCUT2D eigenvalue weighted by Gasteiger charge is 2.37. The lowest BCUT2D eigenvalue weighted by molar-refractivity contribution is -0.122. The standard InChI is InChI=1S/C27H25N3O5/c1-5-18-6-10-22(11-7-18)30-25(32)23(24(31)28-27(30)34)15-20-14-16(2)29(17(20)3)21-12-8-19(9-13-21)26(33)35-4/h6-15H,5H2,1-4H3,(H,28,31,34)/b23-15-. The number of aryl methyl sites for hydroxylation is 2. The summed E-state index contributed by atoms with van der Waals surface area (Å²) in [5.41, 5.74) is 4.88. The van der Waals surface area contributed by atoms with E-state index in [9.17, 15) is 19.2 Å². The zero-order valence-electron chi connectivity index (χ0n) is 19.9. The molecule has 1 fully saturated rings. The van der Waals surface area contributed by atoms with Gasteiger partial charge < -0.3 is 9.30 Å². The molecule has 8 nitrogen and oxygen atoms in total. The number of aromatic nitrogens is 1. The second kappa shape index (κ2) is 9.42. The van der Waals surface area contributed by atoms with E-state index in [1.54, 1.807) is 36.4 Å². The van der Waals surface area contributed by atoms with Crippen molar-refractivity contribution in [1.29, 1.82) is 0 Å². The number of anilines is 1. The molecule has 1 aliphatic rings. The van der Waals surface area contributed by atoms with Crippen LogP contribution in [0, 0.1) is 13.8 Å². The summed E-state index contributed by atoms with van der Waals surface area (Å²) in [7, 11) is 1.33. The van der Waals surface area contributed by atoms with Gasteiger partial charge in [-0.1, -0.05) is 19.1 Å². The molecule has 1 aliphatic heterocycles. The Hall–Kier alpha value is -4.46. The third kappa shape index (κ3) is 4.38. The molecule has 2 aromatic carbocycles. The molecule has 35 heavy (non-hydrogen) atoms. The van der Waals surface area contributed by atoms with E-state index in [-0.39, 0.29) is 5.57 Å². The third-order valence-corrected chi connectivity index (χ3v) is 6.02. The lowest BCUT2D eigenvalue weighted by Gasteiger charge is -2.26. The van der Waals surface area contributed by atoms with Crippen molar-refractivity contribution in [2.24, 2.45) is 0 Å². The monoisotopic (exact) mass is 471 g/mol. The Morgan fingerprint density at radius 3 is 2.20 bits per heavy atom. The lowest BCUT2D eigenvalue weighted by atomic mass is 10.1. The molecule has 178 valence electrons. The van der Waals surface area contributed by atoms with Gasteiger partial charge in [-0.15, -0.1) is 0 Å². The van der Waals surface area contributed by atoms with Gasteiger partial charge in [0.25, 0.3) is 11.8 Å². The number of benzene rings is 2. The number of amides is 4. The second-order valence-corrected chi connectivity index (χ2v) is 8.18. The van der Waals surface area contributed by atoms with Crippen LogP contribution in [-0.2, 0) is 20.7 Å². The number of nitrogens with one attached hydrogen (secondary N) is 1. The molecular formula is C27H25N3O5. The van der Waals surface area contributed by atoms with E-state index < -0.39 is 23.8 Å². The predicted molar refractivity (Wildman–Crippen MR) is 131 cm³/mol. The number of esters is 1. The van der Waals surface area contributed by atoms with Gasteiger partial charge in [0.2, 0.25) is 0 Å². The zero-order valence-corrected chi connectivity index (χ0v) is 19.9. The number of nitrogens with zero attached hydrogens (tertiary/aromatic N) is 2. The molecule has 0 bridgehead atoms. The first kappa shape index (κ1) is 23.7. The highest BCUT2D eigenvalue weighted by atomic mass is 16.5. The van der Waals surface area contributed by atoms with Crippen molar-refractivity contribution in [2.75, 3.05) is 12.0 Å². The molecular weight excluding hydrogens is 446 g/mol. The first-order chi connectivity index (χ1) is 16.7. The van der Waals surface area contributed by atoms with E-state index in [2.05, 4.69) is 5.32 Å². The minimum absolute atomic E-state index is 0.134. The first-order valence-electron chi connectivity index (χ1n) is 11.1. The summed E-state index contributed by atoms with van der Waals surface area (Å²) < 4.78 is 6.70. The molecule has 0 radical (unpaired) electrons. The van der Waals surface area contributed by atoms with Gasteiger partial charge in [-0.3, -0.25) is 14.9 Å². The van der Waals surface area contributed by atoms with E-state index in [4.69, 9.17) is 4.74 Å². The van der Waals surface area contributed by atoms with E-state index in [0.29, 0.717) is 16.8 Å². The molecule has 0 spiro atoms. The number of ether oxygens (including phenoxy) is 1. The van der Waals surface area contributed by atoms with Crippen molar-refractivity contribution in [1.82, 2.24) is 9.88 Å². The molecule has 0 aliphatic carbocycles. The summed E-state index contributed by atoms with van der Waals surface area (Å²) in [5.74, 6) is -1.85. The number of barbiturate groups is 1. The molecule has 1 saturated heterocycles. The number of hydrogen-bond acceptors (Lipinski definition) is 5. The quantitative estimate of drug-likeness (QED) is 0.343. The van der Waals surface area contributed by atoms with Crippen molar-refractivity contribution in [3.63, 3.8) is 0 Å². The Labute approximate surface area is 202 Å². The van der Waals surface area contributed by atoms with Gasteiger partial charge in [0.15, 0.2) is 0 Å². The largest absolute Gasteiger partial charge is 0.465 e. The van der Waals surface area contributed by atoms with Crippen LogP contribution in [0.3, 0.4) is 0 Å². The maximum atomic E-state index is 13.2. The SMILES string of the molecule is CCc1ccc(N2C(=O)NC(=O)/C(=C/c3cc(C)n(-c4ccc(C(=O)OC)cc4)c3C)C2=O)cc1. The molecule has 4 amide bonds. The smallest absolute Gasteiger partial charge is 0.337 e. The Balaban J connectivity index is 1.70. The Bertz CT molecular complexity index is 1370. The Kier molecular flexibility index (Phi) is 6.38. The number of urea groups is 1. The van der Waals surface area contributed by atoms with E-state index in [1.165, 1.54) is 13.2 Å². The van der Waals surface area contributed by atoms with Crippen LogP contribution in [0.25, 0.3) is 11.8 Å². The van der Waals surface area contributed by atoms with Crippen LogP contribution in [0.1, 0.15) is 39.8 Å². The summed E-state index contributed by atoms with van der Waals surface area (Å²) in [6.45, 7) is 5.78. The molecule has 1 aromatic heterocycles. The van der Waals surface area contributed by atoms with Crippen LogP contribution >= 0.6 is 0 Å². The van der Waals surface area contributed by atoms with Gasteiger partial charge in [-0.2, -0.15) is 0 Å². The van der Waals surface area contributed by atoms with Crippen LogP contribution < -0.4 is 10.2 Å². The fourth-order valence-corrected chi connectivity index (χ4v) is 4.12. The van der Waals surface area contributed by atoms with Crippen LogP contribution in [0.4, 0.5) is 10.5 Å². The fourth-order valence-electron chi connectivity index (χ4n) is 4.12. The topological polar surface area (TPSA) is 97.7 Å². The van der Waals surface area contributed by atoms with E-state index in [1.807, 2.05) is 43.5 Å². The number of carbonyl (C=O) groups is 4. The van der Waals surface area contributed by atoms with Crippen LogP contribution in [0.2, 0.25) is 0 Å². The molecule has 0 unspecified atom stereocenters. The van der Waals surface area contributed by atoms with Gasteiger partial charge in [0.1, 0.15) is 5.57 Å². The number of carbonyl (C=O) groups excluding carboxylic acids is 4. The Morgan fingerprint density at radius 1 is 0.971 bits per heavy atom. The van der Waals surface area contributed by atoms with Gasteiger partial charge in [-0.25, -0.2) is 14.5 Å². The van der Waals surface area contributed by atoms with Crippen LogP contribution in [-0.4, -0.2) is 35.5 Å². The van der Waals surface area contributed by atoms with Gasteiger partial charge in [0, 0.05) is 17.1 Å². The van der Waals surface area contributed by atoms with E-state index >= 15 is 0 Å². The number of hydrogen-bond donors (Lipinski definition) is 1. The van der Waals surface area contributed by atoms with Crippen molar-refractivity contribution in [2.45, 2.75) is 27.2 Å². The molecule has 4 rings (SSSR count). The third-order valence-electron chi connectivity index (χ3n) is 6.02. The fraction of sp³-hybridized carbons (Fsp3) is 0.185. The normalized spacial score (nSPS) is 14.9. The maximum Gasteiger partial charge on any atom is 0.337 e. The highest BCUT2D eigenvalue weighted by Crippen LogP contribution is 2.26. The molecule has 8 heteroatoms. The Morgan fingerprint density at radius 2 is 1.60 bits per heavy atom. The molecule has 2 heterocycles. The maximum absolute atomic E-state index is 13.2. The predicted octanol–water partition coefficient (Wildman–Crippen LogP) is 4.11. The van der Waals surface area contributed by atoms with Crippen molar-refractivity contribution in [3.8, 4) is 5.69 Å². The minimum atomic E-state index is -0.780. The average Bonchev–Trinajstić information content (AvgIpc) is 3.14. The van der Waals surface area contributed by atoms with Crippen LogP contribution in [0.15, 0.2) is 60.2 Å². The average molecular weight is 472 g/mol.